The Hall–Kier alpha value is -1.73. The van der Waals surface area contributed by atoms with E-state index in [1.807, 2.05) is 12.1 Å². The van der Waals surface area contributed by atoms with Crippen molar-refractivity contribution in [2.24, 2.45) is 0 Å². The second kappa shape index (κ2) is 7.02. The average molecular weight is 376 g/mol. The summed E-state index contributed by atoms with van der Waals surface area (Å²) in [5, 5.41) is 9.46. The minimum Gasteiger partial charge on any atom is -0.301 e. The zero-order valence-electron chi connectivity index (χ0n) is 12.0. The van der Waals surface area contributed by atoms with Crippen molar-refractivity contribution in [1.29, 1.82) is 0 Å². The summed E-state index contributed by atoms with van der Waals surface area (Å²) in [6.07, 6.45) is 5.02. The summed E-state index contributed by atoms with van der Waals surface area (Å²) in [5.74, 6) is 1.60. The number of thioether (sulfide) groups is 1. The van der Waals surface area contributed by atoms with Crippen molar-refractivity contribution in [3.8, 4) is 11.5 Å². The third-order valence-electron chi connectivity index (χ3n) is 3.08. The summed E-state index contributed by atoms with van der Waals surface area (Å²) in [6, 6.07) is 8.28. The number of rotatable bonds is 5. The van der Waals surface area contributed by atoms with Crippen LogP contribution in [0.3, 0.4) is 0 Å². The van der Waals surface area contributed by atoms with Crippen LogP contribution < -0.4 is 0 Å². The Morgan fingerprint density at radius 1 is 1.23 bits per heavy atom. The molecule has 1 aromatic carbocycles. The summed E-state index contributed by atoms with van der Waals surface area (Å²) in [6.45, 7) is 2.87. The fourth-order valence-electron chi connectivity index (χ4n) is 2.06. The van der Waals surface area contributed by atoms with E-state index in [0.717, 1.165) is 33.4 Å². The molecule has 5 nitrogen and oxygen atoms in total. The molecule has 0 bridgehead atoms. The molecule has 22 heavy (non-hydrogen) atoms. The molecule has 0 saturated heterocycles. The van der Waals surface area contributed by atoms with Crippen molar-refractivity contribution >= 4 is 27.7 Å². The molecule has 7 heteroatoms. The van der Waals surface area contributed by atoms with E-state index in [-0.39, 0.29) is 0 Å². The average Bonchev–Trinajstić information content (AvgIpc) is 2.97. The van der Waals surface area contributed by atoms with Crippen molar-refractivity contribution in [2.45, 2.75) is 24.4 Å². The molecule has 0 aliphatic heterocycles. The van der Waals surface area contributed by atoms with Gasteiger partial charge in [-0.3, -0.25) is 4.98 Å². The first kappa shape index (κ1) is 15.2. The molecule has 112 valence electrons. The van der Waals surface area contributed by atoms with Crippen LogP contribution in [-0.2, 0) is 12.3 Å². The highest BCUT2D eigenvalue weighted by atomic mass is 79.9. The topological polar surface area (TPSA) is 56.5 Å². The predicted octanol–water partition coefficient (Wildman–Crippen LogP) is 3.81. The quantitative estimate of drug-likeness (QED) is 0.634. The molecule has 0 aliphatic carbocycles. The molecule has 0 fully saturated rings. The molecule has 0 saturated carbocycles. The smallest absolute Gasteiger partial charge is 0.191 e. The van der Waals surface area contributed by atoms with E-state index in [4.69, 9.17) is 0 Å². The van der Waals surface area contributed by atoms with Gasteiger partial charge in [-0.05, 0) is 24.6 Å². The van der Waals surface area contributed by atoms with Gasteiger partial charge in [0.15, 0.2) is 11.0 Å². The number of benzene rings is 1. The first-order valence-electron chi connectivity index (χ1n) is 6.84. The van der Waals surface area contributed by atoms with Gasteiger partial charge in [0.25, 0.3) is 0 Å². The lowest BCUT2D eigenvalue weighted by molar-refractivity contribution is 0.685. The number of halogens is 1. The van der Waals surface area contributed by atoms with Crippen molar-refractivity contribution < 1.29 is 0 Å². The summed E-state index contributed by atoms with van der Waals surface area (Å²) in [7, 11) is 0. The van der Waals surface area contributed by atoms with Crippen LogP contribution >= 0.6 is 27.7 Å². The second-order valence-electron chi connectivity index (χ2n) is 4.56. The van der Waals surface area contributed by atoms with Gasteiger partial charge in [-0.15, -0.1) is 10.2 Å². The number of hydrogen-bond donors (Lipinski definition) is 0. The van der Waals surface area contributed by atoms with E-state index in [0.29, 0.717) is 0 Å². The summed E-state index contributed by atoms with van der Waals surface area (Å²) in [4.78, 5) is 8.39. The second-order valence-corrected chi connectivity index (χ2v) is 6.42. The fraction of sp³-hybridized carbons (Fsp3) is 0.200. The largest absolute Gasteiger partial charge is 0.301 e. The zero-order valence-corrected chi connectivity index (χ0v) is 14.4. The molecule has 2 aromatic heterocycles. The van der Waals surface area contributed by atoms with Gasteiger partial charge >= 0.3 is 0 Å². The maximum Gasteiger partial charge on any atom is 0.191 e. The molecule has 0 aliphatic rings. The summed E-state index contributed by atoms with van der Waals surface area (Å²) in [5.41, 5.74) is 1.98. The van der Waals surface area contributed by atoms with Gasteiger partial charge in [-0.25, -0.2) is 4.98 Å². The maximum absolute atomic E-state index is 4.30. The Labute approximate surface area is 141 Å². The Morgan fingerprint density at radius 2 is 2.14 bits per heavy atom. The molecular weight excluding hydrogens is 362 g/mol. The van der Waals surface area contributed by atoms with Crippen LogP contribution in [0.5, 0.6) is 0 Å². The van der Waals surface area contributed by atoms with E-state index >= 15 is 0 Å². The molecule has 0 amide bonds. The van der Waals surface area contributed by atoms with Crippen LogP contribution in [0, 0.1) is 0 Å². The Bertz CT molecular complexity index is 760. The van der Waals surface area contributed by atoms with Gasteiger partial charge < -0.3 is 4.57 Å². The van der Waals surface area contributed by atoms with Crippen molar-refractivity contribution in [2.75, 3.05) is 0 Å². The van der Waals surface area contributed by atoms with Crippen LogP contribution in [0.4, 0.5) is 0 Å². The van der Waals surface area contributed by atoms with Gasteiger partial charge in [0.1, 0.15) is 5.69 Å². The van der Waals surface area contributed by atoms with Crippen LogP contribution in [-0.4, -0.2) is 24.7 Å². The van der Waals surface area contributed by atoms with Gasteiger partial charge in [-0.1, -0.05) is 39.8 Å². The normalized spacial score (nSPS) is 10.8. The first-order valence-corrected chi connectivity index (χ1v) is 8.62. The Balaban J connectivity index is 1.81. The minimum absolute atomic E-state index is 0.742. The first-order chi connectivity index (χ1) is 10.8. The predicted molar refractivity (Wildman–Crippen MR) is 90.4 cm³/mol. The van der Waals surface area contributed by atoms with Gasteiger partial charge in [-0.2, -0.15) is 0 Å². The number of nitrogens with zero attached hydrogens (tertiary/aromatic N) is 5. The van der Waals surface area contributed by atoms with Crippen molar-refractivity contribution in [1.82, 2.24) is 24.7 Å². The SMILES string of the molecule is CCn1c(SCc2cccc(Br)c2)nnc1-c1cnccn1. The van der Waals surface area contributed by atoms with Crippen molar-refractivity contribution in [3.63, 3.8) is 0 Å². The summed E-state index contributed by atoms with van der Waals surface area (Å²) >= 11 is 5.16. The summed E-state index contributed by atoms with van der Waals surface area (Å²) < 4.78 is 3.15. The minimum atomic E-state index is 0.742. The molecule has 0 atom stereocenters. The molecule has 3 aromatic rings. The van der Waals surface area contributed by atoms with E-state index in [1.165, 1.54) is 5.56 Å². The lowest BCUT2D eigenvalue weighted by Crippen LogP contribution is -2.01. The molecule has 0 radical (unpaired) electrons. The Kier molecular flexibility index (Phi) is 4.84. The lowest BCUT2D eigenvalue weighted by atomic mass is 10.2. The van der Waals surface area contributed by atoms with Gasteiger partial charge in [0.05, 0.1) is 6.20 Å². The molecule has 0 unspecified atom stereocenters. The third kappa shape index (κ3) is 3.36. The van der Waals surface area contributed by atoms with E-state index in [1.54, 1.807) is 30.4 Å². The standard InChI is InChI=1S/C15H14BrN5S/c1-2-21-14(13-9-17-6-7-18-13)19-20-15(21)22-10-11-4-3-5-12(16)8-11/h3-9H,2,10H2,1H3. The van der Waals surface area contributed by atoms with Gasteiger partial charge in [0, 0.05) is 29.2 Å². The molecule has 0 spiro atoms. The monoisotopic (exact) mass is 375 g/mol. The number of hydrogen-bond acceptors (Lipinski definition) is 5. The van der Waals surface area contributed by atoms with Gasteiger partial charge in [0.2, 0.25) is 0 Å². The van der Waals surface area contributed by atoms with E-state index in [2.05, 4.69) is 59.7 Å². The highest BCUT2D eigenvalue weighted by Gasteiger charge is 2.14. The van der Waals surface area contributed by atoms with Crippen LogP contribution in [0.2, 0.25) is 0 Å². The van der Waals surface area contributed by atoms with Crippen LogP contribution in [0.25, 0.3) is 11.5 Å². The Morgan fingerprint density at radius 3 is 2.86 bits per heavy atom. The van der Waals surface area contributed by atoms with E-state index < -0.39 is 0 Å². The molecule has 0 N–H and O–H groups in total. The molecule has 2 heterocycles. The molecular formula is C15H14BrN5S. The highest BCUT2D eigenvalue weighted by molar-refractivity contribution is 9.10. The molecule has 3 rings (SSSR count). The van der Waals surface area contributed by atoms with Crippen LogP contribution in [0.1, 0.15) is 12.5 Å². The zero-order chi connectivity index (χ0) is 15.4. The fourth-order valence-corrected chi connectivity index (χ4v) is 3.45. The maximum atomic E-state index is 4.30. The highest BCUT2D eigenvalue weighted by Crippen LogP contribution is 2.26. The third-order valence-corrected chi connectivity index (χ3v) is 4.61. The van der Waals surface area contributed by atoms with Crippen LogP contribution in [0.15, 0.2) is 52.5 Å². The van der Waals surface area contributed by atoms with E-state index in [9.17, 15) is 0 Å². The lowest BCUT2D eigenvalue weighted by Gasteiger charge is -2.06. The number of aromatic nitrogens is 5. The van der Waals surface area contributed by atoms with Crippen molar-refractivity contribution in [3.05, 3.63) is 52.9 Å².